The number of benzene rings is 1. The first kappa shape index (κ1) is 17.9. The normalized spacial score (nSPS) is 22.6. The summed E-state index contributed by atoms with van der Waals surface area (Å²) in [4.78, 5) is 14.6. The first-order valence-electron chi connectivity index (χ1n) is 11.0. The van der Waals surface area contributed by atoms with Gasteiger partial charge in [-0.3, -0.25) is 0 Å². The number of likely N-dealkylation sites (tertiary alicyclic amines) is 1. The summed E-state index contributed by atoms with van der Waals surface area (Å²) in [6.45, 7) is 5.98. The van der Waals surface area contributed by atoms with Gasteiger partial charge in [0, 0.05) is 30.8 Å². The SMILES string of the molecule is Nc1nc2c(c(N3CCCC(CN4CCCC4)C3)n1)CCCc1ccccc1-2. The highest BCUT2D eigenvalue weighted by Crippen LogP contribution is 2.37. The lowest BCUT2D eigenvalue weighted by Crippen LogP contribution is -2.41. The van der Waals surface area contributed by atoms with E-state index in [2.05, 4.69) is 34.1 Å². The minimum absolute atomic E-state index is 0.409. The molecule has 0 bridgehead atoms. The van der Waals surface area contributed by atoms with Crippen LogP contribution in [0.5, 0.6) is 0 Å². The fraction of sp³-hybridized carbons (Fsp3) is 0.565. The summed E-state index contributed by atoms with van der Waals surface area (Å²) in [7, 11) is 0. The van der Waals surface area contributed by atoms with Crippen molar-refractivity contribution in [3.05, 3.63) is 35.4 Å². The lowest BCUT2D eigenvalue weighted by Gasteiger charge is -2.36. The molecule has 0 radical (unpaired) electrons. The second-order valence-electron chi connectivity index (χ2n) is 8.71. The number of anilines is 2. The number of nitrogens with two attached hydrogens (primary N) is 1. The molecule has 1 unspecified atom stereocenters. The van der Waals surface area contributed by atoms with Crippen molar-refractivity contribution in [2.45, 2.75) is 44.9 Å². The van der Waals surface area contributed by atoms with Crippen LogP contribution in [-0.4, -0.2) is 47.6 Å². The number of nitrogens with zero attached hydrogens (tertiary/aromatic N) is 4. The maximum Gasteiger partial charge on any atom is 0.222 e. The number of piperidine rings is 1. The molecule has 0 amide bonds. The molecule has 5 heteroatoms. The van der Waals surface area contributed by atoms with Gasteiger partial charge in [-0.15, -0.1) is 0 Å². The van der Waals surface area contributed by atoms with Crippen molar-refractivity contribution in [2.24, 2.45) is 5.92 Å². The fourth-order valence-corrected chi connectivity index (χ4v) is 5.37. The summed E-state index contributed by atoms with van der Waals surface area (Å²) in [6.07, 6.45) is 8.59. The van der Waals surface area contributed by atoms with E-state index in [0.717, 1.165) is 49.8 Å². The van der Waals surface area contributed by atoms with Crippen LogP contribution in [0.1, 0.15) is 43.2 Å². The Morgan fingerprint density at radius 2 is 1.82 bits per heavy atom. The summed E-state index contributed by atoms with van der Waals surface area (Å²) in [5.41, 5.74) is 11.2. The molecule has 2 N–H and O–H groups in total. The third kappa shape index (κ3) is 3.48. The van der Waals surface area contributed by atoms with E-state index in [4.69, 9.17) is 15.7 Å². The van der Waals surface area contributed by atoms with Crippen molar-refractivity contribution in [1.29, 1.82) is 0 Å². The number of hydrogen-bond acceptors (Lipinski definition) is 5. The van der Waals surface area contributed by atoms with Gasteiger partial charge in [-0.05, 0) is 69.5 Å². The molecule has 2 aliphatic heterocycles. The van der Waals surface area contributed by atoms with Gasteiger partial charge in [-0.2, -0.15) is 4.98 Å². The lowest BCUT2D eigenvalue weighted by atomic mass is 9.96. The molecule has 1 aliphatic carbocycles. The molecule has 3 aliphatic rings. The molecule has 2 aromatic rings. The summed E-state index contributed by atoms with van der Waals surface area (Å²) in [6, 6.07) is 8.67. The third-order valence-electron chi connectivity index (χ3n) is 6.68. The van der Waals surface area contributed by atoms with Crippen LogP contribution in [0.3, 0.4) is 0 Å². The van der Waals surface area contributed by atoms with E-state index < -0.39 is 0 Å². The second kappa shape index (κ2) is 7.70. The lowest BCUT2D eigenvalue weighted by molar-refractivity contribution is 0.255. The van der Waals surface area contributed by atoms with E-state index in [-0.39, 0.29) is 0 Å². The van der Waals surface area contributed by atoms with Gasteiger partial charge in [0.15, 0.2) is 0 Å². The van der Waals surface area contributed by atoms with Gasteiger partial charge in [-0.25, -0.2) is 4.98 Å². The molecule has 1 atom stereocenters. The Labute approximate surface area is 168 Å². The van der Waals surface area contributed by atoms with E-state index in [0.29, 0.717) is 5.95 Å². The minimum Gasteiger partial charge on any atom is -0.368 e. The monoisotopic (exact) mass is 377 g/mol. The van der Waals surface area contributed by atoms with E-state index in [1.807, 2.05) is 0 Å². The van der Waals surface area contributed by atoms with Crippen LogP contribution in [0.25, 0.3) is 11.3 Å². The Bertz CT molecular complexity index is 843. The van der Waals surface area contributed by atoms with Crippen LogP contribution in [0.2, 0.25) is 0 Å². The first-order valence-corrected chi connectivity index (χ1v) is 11.0. The number of aromatic nitrogens is 2. The molecule has 2 fully saturated rings. The highest BCUT2D eigenvalue weighted by molar-refractivity contribution is 5.74. The van der Waals surface area contributed by atoms with E-state index in [9.17, 15) is 0 Å². The molecule has 1 aromatic heterocycles. The smallest absolute Gasteiger partial charge is 0.222 e. The van der Waals surface area contributed by atoms with Crippen molar-refractivity contribution in [1.82, 2.24) is 14.9 Å². The topological polar surface area (TPSA) is 58.3 Å². The Balaban J connectivity index is 1.46. The number of rotatable bonds is 3. The summed E-state index contributed by atoms with van der Waals surface area (Å²) in [5, 5.41) is 0. The summed E-state index contributed by atoms with van der Waals surface area (Å²) in [5.74, 6) is 2.24. The Kier molecular flexibility index (Phi) is 4.93. The van der Waals surface area contributed by atoms with Gasteiger partial charge in [-0.1, -0.05) is 24.3 Å². The quantitative estimate of drug-likeness (QED) is 0.887. The van der Waals surface area contributed by atoms with Gasteiger partial charge < -0.3 is 15.5 Å². The molecule has 28 heavy (non-hydrogen) atoms. The molecular formula is C23H31N5. The van der Waals surface area contributed by atoms with Crippen LogP contribution in [0.15, 0.2) is 24.3 Å². The first-order chi connectivity index (χ1) is 13.8. The standard InChI is InChI=1S/C23H31N5/c24-23-25-21-19-10-2-1-8-18(19)9-5-11-20(21)22(26-23)28-14-6-7-17(16-28)15-27-12-3-4-13-27/h1-2,8,10,17H,3-7,9,11-16H2,(H2,24,25,26). The van der Waals surface area contributed by atoms with Crippen molar-refractivity contribution >= 4 is 11.8 Å². The van der Waals surface area contributed by atoms with Crippen LogP contribution in [-0.2, 0) is 12.8 Å². The van der Waals surface area contributed by atoms with Crippen molar-refractivity contribution < 1.29 is 0 Å². The predicted octanol–water partition coefficient (Wildman–Crippen LogP) is 3.53. The van der Waals surface area contributed by atoms with Gasteiger partial charge in [0.05, 0.1) is 5.69 Å². The zero-order chi connectivity index (χ0) is 18.9. The average Bonchev–Trinajstić information content (AvgIpc) is 3.15. The Morgan fingerprint density at radius 3 is 2.71 bits per heavy atom. The molecule has 0 spiro atoms. The number of fused-ring (bicyclic) bond motifs is 3. The number of hydrogen-bond donors (Lipinski definition) is 1. The molecular weight excluding hydrogens is 346 g/mol. The highest BCUT2D eigenvalue weighted by atomic mass is 15.2. The van der Waals surface area contributed by atoms with Crippen LogP contribution in [0, 0.1) is 5.92 Å². The summed E-state index contributed by atoms with van der Waals surface area (Å²) >= 11 is 0. The number of aryl methyl sites for hydroxylation is 1. The van der Waals surface area contributed by atoms with E-state index in [1.165, 1.54) is 62.0 Å². The maximum absolute atomic E-state index is 6.21. The van der Waals surface area contributed by atoms with Crippen LogP contribution < -0.4 is 10.6 Å². The van der Waals surface area contributed by atoms with Gasteiger partial charge >= 0.3 is 0 Å². The van der Waals surface area contributed by atoms with Crippen molar-refractivity contribution in [2.75, 3.05) is 43.4 Å². The number of nitrogen functional groups attached to an aromatic ring is 1. The Hall–Kier alpha value is -2.14. The minimum atomic E-state index is 0.409. The molecule has 2 saturated heterocycles. The highest BCUT2D eigenvalue weighted by Gasteiger charge is 2.28. The zero-order valence-corrected chi connectivity index (χ0v) is 16.7. The van der Waals surface area contributed by atoms with Gasteiger partial charge in [0.2, 0.25) is 5.95 Å². The van der Waals surface area contributed by atoms with E-state index >= 15 is 0 Å². The fourth-order valence-electron chi connectivity index (χ4n) is 5.37. The molecule has 5 nitrogen and oxygen atoms in total. The second-order valence-corrected chi connectivity index (χ2v) is 8.71. The largest absolute Gasteiger partial charge is 0.368 e. The zero-order valence-electron chi connectivity index (χ0n) is 16.7. The molecule has 1 aromatic carbocycles. The van der Waals surface area contributed by atoms with Crippen molar-refractivity contribution in [3.63, 3.8) is 0 Å². The maximum atomic E-state index is 6.21. The Morgan fingerprint density at radius 1 is 0.964 bits per heavy atom. The average molecular weight is 378 g/mol. The predicted molar refractivity (Wildman–Crippen MR) is 115 cm³/mol. The van der Waals surface area contributed by atoms with Gasteiger partial charge in [0.25, 0.3) is 0 Å². The summed E-state index contributed by atoms with van der Waals surface area (Å²) < 4.78 is 0. The van der Waals surface area contributed by atoms with Crippen LogP contribution >= 0.6 is 0 Å². The molecule has 3 heterocycles. The van der Waals surface area contributed by atoms with Gasteiger partial charge in [0.1, 0.15) is 5.82 Å². The van der Waals surface area contributed by atoms with E-state index in [1.54, 1.807) is 0 Å². The third-order valence-corrected chi connectivity index (χ3v) is 6.68. The van der Waals surface area contributed by atoms with Crippen molar-refractivity contribution in [3.8, 4) is 11.3 Å². The molecule has 148 valence electrons. The molecule has 5 rings (SSSR count). The molecule has 0 saturated carbocycles. The van der Waals surface area contributed by atoms with Crippen LogP contribution in [0.4, 0.5) is 11.8 Å².